The predicted octanol–water partition coefficient (Wildman–Crippen LogP) is 17.1. The van der Waals surface area contributed by atoms with E-state index in [1.807, 2.05) is 36.4 Å². The second-order valence-corrected chi connectivity index (χ2v) is 17.7. The van der Waals surface area contributed by atoms with Crippen molar-refractivity contribution in [1.82, 2.24) is 4.58 Å². The molecule has 0 unspecified atom stereocenters. The van der Waals surface area contributed by atoms with Gasteiger partial charge in [-0.15, -0.1) is 5.73 Å². The first-order valence-electron chi connectivity index (χ1n) is 23.3. The van der Waals surface area contributed by atoms with Crippen LogP contribution in [0.2, 0.25) is 0 Å². The Morgan fingerprint density at radius 3 is 2.38 bits per heavy atom. The van der Waals surface area contributed by atoms with E-state index in [2.05, 4.69) is 242 Å². The second kappa shape index (κ2) is 23.7. The molecule has 338 valence electrons. The van der Waals surface area contributed by atoms with Crippen LogP contribution in [0.15, 0.2) is 277 Å². The Kier molecular flexibility index (Phi) is 16.3. The minimum Gasteiger partial charge on any atom is -0.381 e. The fourth-order valence-electron chi connectivity index (χ4n) is 8.33. The summed E-state index contributed by atoms with van der Waals surface area (Å²) in [4.78, 5) is 4.41. The molecule has 2 aliphatic heterocycles. The van der Waals surface area contributed by atoms with Crippen LogP contribution in [0.1, 0.15) is 35.6 Å². The van der Waals surface area contributed by atoms with Crippen LogP contribution in [0.3, 0.4) is 0 Å². The highest BCUT2D eigenvalue weighted by Gasteiger charge is 2.21. The van der Waals surface area contributed by atoms with Crippen LogP contribution in [-0.2, 0) is 11.2 Å². The van der Waals surface area contributed by atoms with E-state index in [0.29, 0.717) is 6.61 Å². The minimum atomic E-state index is 0.574. The molecule has 0 bridgehead atoms. The SMILES string of the molecule is C=C1/C=C\C=C/CC2=C(S1)C(c1cccc([N+](=C/C=C(\C=C/C)c3ccc4c(c3)C/C=C\C=C/C(=C)N4c3ccccc3)c3ccc(-c4cccc(C(=C)/C=C\C=C/COC)c4)cc3)c1)=CC=C=C2. The highest BCUT2D eigenvalue weighted by molar-refractivity contribution is 8.07. The Morgan fingerprint density at radius 2 is 1.55 bits per heavy atom. The predicted molar refractivity (Wildman–Crippen MR) is 301 cm³/mol. The Balaban J connectivity index is 1.22. The summed E-state index contributed by atoms with van der Waals surface area (Å²) in [5.41, 5.74) is 19.7. The first-order valence-corrected chi connectivity index (χ1v) is 24.1. The summed E-state index contributed by atoms with van der Waals surface area (Å²) in [7, 11) is 1.69. The summed E-state index contributed by atoms with van der Waals surface area (Å²) in [6.07, 6.45) is 41.5. The molecule has 2 heterocycles. The molecule has 69 heavy (non-hydrogen) atoms. The van der Waals surface area contributed by atoms with Crippen LogP contribution in [0, 0.1) is 0 Å². The Labute approximate surface area is 413 Å². The number of rotatable bonds is 13. The maximum atomic E-state index is 5.13. The summed E-state index contributed by atoms with van der Waals surface area (Å²) in [5.74, 6) is 0. The number of allylic oxidation sites excluding steroid dienone is 20. The highest BCUT2D eigenvalue weighted by Crippen LogP contribution is 2.42. The van der Waals surface area contributed by atoms with Crippen LogP contribution >= 0.6 is 11.8 Å². The number of benzene rings is 5. The first kappa shape index (κ1) is 47.5. The van der Waals surface area contributed by atoms with Crippen LogP contribution < -0.4 is 9.48 Å². The molecule has 0 N–H and O–H groups in total. The fourth-order valence-corrected chi connectivity index (χ4v) is 9.31. The van der Waals surface area contributed by atoms with Gasteiger partial charge in [0, 0.05) is 64.3 Å². The van der Waals surface area contributed by atoms with Gasteiger partial charge in [0.1, 0.15) is 0 Å². The highest BCUT2D eigenvalue weighted by atomic mass is 32.2. The van der Waals surface area contributed by atoms with Gasteiger partial charge in [0.2, 0.25) is 11.4 Å². The average Bonchev–Trinajstić information content (AvgIpc) is 3.46. The molecule has 0 atom stereocenters. The van der Waals surface area contributed by atoms with E-state index >= 15 is 0 Å². The van der Waals surface area contributed by atoms with Crippen LogP contribution in [0.4, 0.5) is 22.7 Å². The smallest absolute Gasteiger partial charge is 0.211 e. The number of fused-ring (bicyclic) bond motifs is 1. The van der Waals surface area contributed by atoms with Gasteiger partial charge in [0.25, 0.3) is 0 Å². The van der Waals surface area contributed by atoms with E-state index in [4.69, 9.17) is 4.74 Å². The van der Waals surface area contributed by atoms with E-state index in [1.54, 1.807) is 18.9 Å². The van der Waals surface area contributed by atoms with Crippen molar-refractivity contribution >= 4 is 57.4 Å². The Hall–Kier alpha value is -7.98. The number of para-hydroxylation sites is 1. The molecular weight excluding hydrogens is 857 g/mol. The molecule has 3 nitrogen and oxygen atoms in total. The molecule has 4 heteroatoms. The zero-order valence-electron chi connectivity index (χ0n) is 39.5. The van der Waals surface area contributed by atoms with Gasteiger partial charge in [-0.3, -0.25) is 0 Å². The van der Waals surface area contributed by atoms with Gasteiger partial charge >= 0.3 is 0 Å². The molecule has 5 aromatic carbocycles. The van der Waals surface area contributed by atoms with Gasteiger partial charge in [-0.05, 0) is 148 Å². The zero-order valence-corrected chi connectivity index (χ0v) is 40.3. The standard InChI is InChI=1S/C65H57N2OS/c1-6-23-52(57-39-42-64-59(47-57)29-15-7-12-25-50(3)67(64)61-33-16-9-17-34-61)43-44-66(60-40-37-53(38-41-60)56-31-21-30-55(46-56)49(2)24-11-10-20-45-68-5)62-35-22-32-58(48-62)63-36-19-18-28-54-27-14-8-13-26-51(4)69-65(54)63/h6-17,19-26,28,30-44,46-48H,2-4,27,29,45H2,1,5H3/q+1/b14-8-,15-7-,20-10-,23-6-,24-11-,25-12-,26-13-. The molecule has 1 aliphatic carbocycles. The number of anilines is 2. The maximum Gasteiger partial charge on any atom is 0.211 e. The third-order valence-electron chi connectivity index (χ3n) is 11.8. The topological polar surface area (TPSA) is 15.5 Å². The number of methoxy groups -OCH3 is 1. The van der Waals surface area contributed by atoms with E-state index < -0.39 is 0 Å². The number of hydrogen-bond donors (Lipinski definition) is 0. The van der Waals surface area contributed by atoms with E-state index in [1.165, 1.54) is 16.0 Å². The molecule has 0 fully saturated rings. The summed E-state index contributed by atoms with van der Waals surface area (Å²) < 4.78 is 7.42. The molecule has 8 rings (SSSR count). The lowest BCUT2D eigenvalue weighted by Gasteiger charge is -2.28. The van der Waals surface area contributed by atoms with E-state index in [-0.39, 0.29) is 0 Å². The van der Waals surface area contributed by atoms with Crippen molar-refractivity contribution in [3.63, 3.8) is 0 Å². The van der Waals surface area contributed by atoms with Crippen molar-refractivity contribution < 1.29 is 4.74 Å². The average molecular weight is 914 g/mol. The molecule has 0 spiro atoms. The monoisotopic (exact) mass is 913 g/mol. The van der Waals surface area contributed by atoms with Crippen molar-refractivity contribution in [2.75, 3.05) is 18.6 Å². The van der Waals surface area contributed by atoms with Crippen molar-refractivity contribution in [1.29, 1.82) is 0 Å². The van der Waals surface area contributed by atoms with Gasteiger partial charge in [0.05, 0.1) is 6.61 Å². The quantitative estimate of drug-likeness (QED) is 0.0506. The largest absolute Gasteiger partial charge is 0.381 e. The molecule has 0 amide bonds. The molecular formula is C65H57N2OS+. The summed E-state index contributed by atoms with van der Waals surface area (Å²) in [6, 6.07) is 43.4. The lowest BCUT2D eigenvalue weighted by Crippen LogP contribution is -2.16. The van der Waals surface area contributed by atoms with Crippen molar-refractivity contribution in [3.8, 4) is 11.1 Å². The van der Waals surface area contributed by atoms with Crippen LogP contribution in [0.25, 0.3) is 27.8 Å². The van der Waals surface area contributed by atoms with Crippen LogP contribution in [0.5, 0.6) is 0 Å². The molecule has 0 radical (unpaired) electrons. The van der Waals surface area contributed by atoms with Crippen LogP contribution in [-0.4, -0.2) is 19.9 Å². The van der Waals surface area contributed by atoms with Gasteiger partial charge in [0.15, 0.2) is 6.21 Å². The summed E-state index contributed by atoms with van der Waals surface area (Å²) >= 11 is 1.71. The second-order valence-electron chi connectivity index (χ2n) is 16.6. The van der Waals surface area contributed by atoms with E-state index in [9.17, 15) is 0 Å². The van der Waals surface area contributed by atoms with Gasteiger partial charge in [-0.2, -0.15) is 4.58 Å². The number of nitrogens with zero attached hydrogens (tertiary/aromatic N) is 2. The molecule has 0 saturated carbocycles. The molecule has 5 aromatic rings. The summed E-state index contributed by atoms with van der Waals surface area (Å²) in [6.45, 7) is 15.8. The number of thioether (sulfide) groups is 1. The van der Waals surface area contributed by atoms with Crippen molar-refractivity contribution in [2.24, 2.45) is 0 Å². The minimum absolute atomic E-state index is 0.574. The van der Waals surface area contributed by atoms with Crippen molar-refractivity contribution in [2.45, 2.75) is 19.8 Å². The fraction of sp³-hybridized carbons (Fsp3) is 0.0769. The summed E-state index contributed by atoms with van der Waals surface area (Å²) in [5, 5.41) is 0. The Morgan fingerprint density at radius 1 is 0.754 bits per heavy atom. The first-order chi connectivity index (χ1) is 33.9. The number of ether oxygens (including phenoxy) is 1. The van der Waals surface area contributed by atoms with Crippen molar-refractivity contribution in [3.05, 3.63) is 299 Å². The lowest BCUT2D eigenvalue weighted by atomic mass is 9.98. The molecule has 3 aliphatic rings. The third-order valence-corrected chi connectivity index (χ3v) is 12.9. The normalized spacial score (nSPS) is 17.3. The maximum absolute atomic E-state index is 5.13. The molecule has 0 saturated heterocycles. The third kappa shape index (κ3) is 12.1. The number of hydrogen-bond acceptors (Lipinski definition) is 3. The van der Waals surface area contributed by atoms with Gasteiger partial charge < -0.3 is 9.64 Å². The van der Waals surface area contributed by atoms with Gasteiger partial charge in [-0.1, -0.05) is 159 Å². The van der Waals surface area contributed by atoms with E-state index in [0.717, 1.165) is 90.7 Å². The lowest BCUT2D eigenvalue weighted by molar-refractivity contribution is 0.234. The molecule has 0 aromatic heterocycles. The van der Waals surface area contributed by atoms with Gasteiger partial charge in [-0.25, -0.2) is 0 Å². The zero-order chi connectivity index (χ0) is 47.8. The Bertz CT molecular complexity index is 3170.